The first kappa shape index (κ1) is 40.4. The molecule has 2 aliphatic heterocycles. The van der Waals surface area contributed by atoms with Crippen molar-refractivity contribution >= 4 is 67.9 Å². The molecule has 14 rings (SSSR count). The largest absolute Gasteiger partial charge is 0.311 e. The van der Waals surface area contributed by atoms with Crippen LogP contribution in [0.25, 0.3) is 44.5 Å². The molecule has 1 spiro atoms. The van der Waals surface area contributed by atoms with Crippen molar-refractivity contribution in [2.75, 3.05) is 9.80 Å². The molecule has 1 aromatic heterocycles. The highest BCUT2D eigenvalue weighted by Crippen LogP contribution is 2.67. The summed E-state index contributed by atoms with van der Waals surface area (Å²) in [6, 6.07) is 76.4. The minimum absolute atomic E-state index is 0.0136. The fourth-order valence-electron chi connectivity index (χ4n) is 12.5. The number of hydrogen-bond donors (Lipinski definition) is 0. The molecule has 0 radical (unpaired) electrons. The summed E-state index contributed by atoms with van der Waals surface area (Å²) in [7, 11) is 0. The van der Waals surface area contributed by atoms with Gasteiger partial charge in [0.05, 0.1) is 11.1 Å². The molecule has 4 aliphatic rings. The van der Waals surface area contributed by atoms with Gasteiger partial charge in [0.1, 0.15) is 0 Å². The van der Waals surface area contributed by atoms with Gasteiger partial charge >= 0.3 is 0 Å². The molecule has 0 amide bonds. The van der Waals surface area contributed by atoms with Crippen LogP contribution in [0.15, 0.2) is 200 Å². The summed E-state index contributed by atoms with van der Waals surface area (Å²) in [6.45, 7) is 11.3. The van der Waals surface area contributed by atoms with Crippen molar-refractivity contribution in [1.82, 2.24) is 0 Å². The lowest BCUT2D eigenvalue weighted by atomic mass is 9.36. The Kier molecular flexibility index (Phi) is 8.74. The third-order valence-electron chi connectivity index (χ3n) is 15.6. The van der Waals surface area contributed by atoms with E-state index >= 15 is 0 Å². The highest BCUT2D eigenvalue weighted by molar-refractivity contribution is 7.30. The van der Waals surface area contributed by atoms with E-state index in [1.807, 2.05) is 0 Å². The van der Waals surface area contributed by atoms with Crippen LogP contribution in [0.3, 0.4) is 0 Å². The van der Waals surface area contributed by atoms with Gasteiger partial charge in [-0.25, -0.2) is 0 Å². The summed E-state index contributed by atoms with van der Waals surface area (Å²) in [4.78, 5) is 6.65. The second-order valence-electron chi connectivity index (χ2n) is 20.0. The topological polar surface area (TPSA) is 6.48 Å². The van der Waals surface area contributed by atoms with E-state index in [4.69, 9.17) is 0 Å². The van der Waals surface area contributed by atoms with Gasteiger partial charge in [0.15, 0.2) is 0 Å². The zero-order valence-corrected chi connectivity index (χ0v) is 40.3. The fraction of sp³-hybridized carbons (Fsp3) is 0.108. The number of nitrogens with zero attached hydrogens (tertiary/aromatic N) is 2. The maximum absolute atomic E-state index is 2.65. The second kappa shape index (κ2) is 14.9. The average Bonchev–Trinajstić information content (AvgIpc) is 4.01. The van der Waals surface area contributed by atoms with Crippen LogP contribution in [0.4, 0.5) is 34.1 Å². The molecule has 3 heterocycles. The highest BCUT2D eigenvalue weighted by Gasteiger charge is 2.57. The van der Waals surface area contributed by atoms with Gasteiger partial charge in [0.2, 0.25) is 0 Å². The molecule has 0 unspecified atom stereocenters. The van der Waals surface area contributed by atoms with Crippen LogP contribution in [0.1, 0.15) is 63.6 Å². The van der Waals surface area contributed by atoms with Crippen LogP contribution in [0, 0.1) is 20.8 Å². The molecule has 2 aliphatic carbocycles. The summed E-state index contributed by atoms with van der Waals surface area (Å²) in [6.07, 6.45) is 0. The van der Waals surface area contributed by atoms with Gasteiger partial charge in [0, 0.05) is 43.7 Å². The van der Waals surface area contributed by atoms with Crippen molar-refractivity contribution in [3.63, 3.8) is 0 Å². The SMILES string of the molecule is Cc1ccc(N2c3cc(-c4ccccc4-c4ccccc4)ccc3B3c4sc5c(c4N(c4ccc(C)cc4)c4cc(C)cc2c43)-c2ccc(C(C)C)cc2C52c3ccccc3-c3ccccc32)cc1. The minimum Gasteiger partial charge on any atom is -0.311 e. The summed E-state index contributed by atoms with van der Waals surface area (Å²) >= 11 is 2.07. The third-order valence-corrected chi connectivity index (χ3v) is 17.0. The molecule has 0 atom stereocenters. The van der Waals surface area contributed by atoms with E-state index in [0.29, 0.717) is 5.92 Å². The van der Waals surface area contributed by atoms with Crippen LogP contribution in [0.5, 0.6) is 0 Å². The van der Waals surface area contributed by atoms with Crippen LogP contribution in [-0.2, 0) is 5.41 Å². The molecule has 328 valence electrons. The van der Waals surface area contributed by atoms with E-state index in [1.54, 1.807) is 0 Å². The molecule has 4 heteroatoms. The maximum Gasteiger partial charge on any atom is 0.264 e. The summed E-state index contributed by atoms with van der Waals surface area (Å²) < 4.78 is 1.40. The quantitative estimate of drug-likeness (QED) is 0.159. The summed E-state index contributed by atoms with van der Waals surface area (Å²) in [5, 5.41) is 0. The van der Waals surface area contributed by atoms with E-state index in [9.17, 15) is 0 Å². The molecule has 0 saturated heterocycles. The fourth-order valence-corrected chi connectivity index (χ4v) is 14.2. The average molecular weight is 901 g/mol. The lowest BCUT2D eigenvalue weighted by molar-refractivity contribution is 0.799. The van der Waals surface area contributed by atoms with Crippen molar-refractivity contribution < 1.29 is 0 Å². The van der Waals surface area contributed by atoms with E-state index in [0.717, 1.165) is 5.69 Å². The van der Waals surface area contributed by atoms with Gasteiger partial charge in [-0.1, -0.05) is 183 Å². The van der Waals surface area contributed by atoms with Gasteiger partial charge in [0.25, 0.3) is 6.71 Å². The smallest absolute Gasteiger partial charge is 0.264 e. The Balaban J connectivity index is 1.11. The van der Waals surface area contributed by atoms with Crippen molar-refractivity contribution in [1.29, 1.82) is 0 Å². The molecule has 69 heavy (non-hydrogen) atoms. The maximum atomic E-state index is 2.65. The first-order chi connectivity index (χ1) is 33.8. The number of benzene rings is 9. The molecule has 0 bridgehead atoms. The van der Waals surface area contributed by atoms with E-state index in [2.05, 4.69) is 256 Å². The number of rotatable bonds is 5. The molecule has 2 nitrogen and oxygen atoms in total. The Morgan fingerprint density at radius 1 is 0.449 bits per heavy atom. The van der Waals surface area contributed by atoms with Crippen LogP contribution >= 0.6 is 11.3 Å². The van der Waals surface area contributed by atoms with Gasteiger partial charge in [-0.3, -0.25) is 0 Å². The van der Waals surface area contributed by atoms with E-state index < -0.39 is 5.41 Å². The molecule has 9 aromatic carbocycles. The van der Waals surface area contributed by atoms with Crippen molar-refractivity contribution in [2.24, 2.45) is 0 Å². The normalized spacial score (nSPS) is 14.0. The molecule has 0 N–H and O–H groups in total. The molecule has 0 fully saturated rings. The zero-order chi connectivity index (χ0) is 46.3. The third kappa shape index (κ3) is 5.61. The van der Waals surface area contributed by atoms with E-state index in [-0.39, 0.29) is 6.71 Å². The minimum atomic E-state index is -0.467. The van der Waals surface area contributed by atoms with Crippen molar-refractivity contribution in [3.8, 4) is 44.5 Å². The number of aryl methyl sites for hydroxylation is 3. The van der Waals surface area contributed by atoms with Gasteiger partial charge in [-0.2, -0.15) is 0 Å². The standard InChI is InChI=1S/C65H49BN2S/c1-39(2)44-27-33-52-55(37-44)65(53-21-13-11-19-50(53)51-20-12-14-22-54(51)65)63-60(52)62-64(69-63)66-56-34-28-45(49-18-10-9-17-48(49)43-15-7-6-8-16-43)38-57(56)67(46-29-23-40(3)24-30-46)58-35-42(5)36-59(61(58)66)68(62)47-31-25-41(4)26-32-47/h6-39H,1-5H3. The number of hydrogen-bond acceptors (Lipinski definition) is 3. The highest BCUT2D eigenvalue weighted by atomic mass is 32.1. The lowest BCUT2D eigenvalue weighted by Gasteiger charge is -2.44. The van der Waals surface area contributed by atoms with E-state index in [1.165, 1.54) is 132 Å². The zero-order valence-electron chi connectivity index (χ0n) is 39.5. The number of fused-ring (bicyclic) bond motifs is 15. The molecule has 10 aromatic rings. The Morgan fingerprint density at radius 2 is 1.01 bits per heavy atom. The lowest BCUT2D eigenvalue weighted by Crippen LogP contribution is -2.60. The van der Waals surface area contributed by atoms with Crippen LogP contribution < -0.4 is 25.5 Å². The van der Waals surface area contributed by atoms with Crippen molar-refractivity contribution in [2.45, 2.75) is 46.0 Å². The number of anilines is 6. The Bertz CT molecular complexity index is 3700. The number of thiophene rings is 1. The first-order valence-corrected chi connectivity index (χ1v) is 25.3. The summed E-state index contributed by atoms with van der Waals surface area (Å²) in [5.74, 6) is 0.392. The van der Waals surface area contributed by atoms with Crippen molar-refractivity contribution in [3.05, 3.63) is 244 Å². The Morgan fingerprint density at radius 3 is 1.65 bits per heavy atom. The Labute approximate surface area is 409 Å². The second-order valence-corrected chi connectivity index (χ2v) is 21.0. The monoisotopic (exact) mass is 900 g/mol. The molecular weight excluding hydrogens is 852 g/mol. The molecular formula is C65H49BN2S. The molecule has 0 saturated carbocycles. The van der Waals surface area contributed by atoms with Gasteiger partial charge < -0.3 is 9.80 Å². The van der Waals surface area contributed by atoms with Crippen LogP contribution in [0.2, 0.25) is 0 Å². The van der Waals surface area contributed by atoms with Crippen LogP contribution in [-0.4, -0.2) is 6.71 Å². The van der Waals surface area contributed by atoms with Gasteiger partial charge in [-0.15, -0.1) is 11.3 Å². The first-order valence-electron chi connectivity index (χ1n) is 24.5. The summed E-state index contributed by atoms with van der Waals surface area (Å²) in [5.41, 5.74) is 29.2. The predicted molar refractivity (Wildman–Crippen MR) is 294 cm³/mol. The van der Waals surface area contributed by atoms with Gasteiger partial charge in [-0.05, 0) is 147 Å². The Hall–Kier alpha value is -7.66. The predicted octanol–water partition coefficient (Wildman–Crippen LogP) is 15.6.